The molecule has 0 N–H and O–H groups in total. The largest absolute Gasteiger partial charge is 0.479 e. The van der Waals surface area contributed by atoms with Gasteiger partial charge in [0.15, 0.2) is 11.5 Å². The van der Waals surface area contributed by atoms with Crippen LogP contribution in [0.2, 0.25) is 0 Å². The summed E-state index contributed by atoms with van der Waals surface area (Å²) >= 11 is 0. The lowest BCUT2D eigenvalue weighted by Crippen LogP contribution is -2.34. The molecule has 18 heavy (non-hydrogen) atoms. The second-order valence-corrected chi connectivity index (χ2v) is 5.57. The van der Waals surface area contributed by atoms with Gasteiger partial charge in [-0.2, -0.15) is 0 Å². The van der Waals surface area contributed by atoms with Crippen LogP contribution in [0, 0.1) is 11.3 Å². The topological polar surface area (TPSA) is 52.1 Å². The standard InChI is InChI=1S/C14H20N2O2/c1-14(2)7-5-4-6-10(14)12(17)11-13(18-3)16-9-8-15-11/h8-10H,4-7H2,1-3H3. The van der Waals surface area contributed by atoms with Crippen molar-refractivity contribution in [3.63, 3.8) is 0 Å². The molecule has 0 aliphatic heterocycles. The number of rotatable bonds is 3. The molecule has 1 fully saturated rings. The summed E-state index contributed by atoms with van der Waals surface area (Å²) in [4.78, 5) is 20.8. The molecule has 1 aliphatic carbocycles. The fourth-order valence-electron chi connectivity index (χ4n) is 2.79. The van der Waals surface area contributed by atoms with E-state index < -0.39 is 0 Å². The van der Waals surface area contributed by atoms with Gasteiger partial charge in [-0.25, -0.2) is 9.97 Å². The molecule has 1 atom stereocenters. The number of nitrogens with zero attached hydrogens (tertiary/aromatic N) is 2. The first-order chi connectivity index (χ1) is 8.56. The van der Waals surface area contributed by atoms with Gasteiger partial charge in [0.2, 0.25) is 5.88 Å². The maximum atomic E-state index is 12.6. The van der Waals surface area contributed by atoms with Gasteiger partial charge in [0, 0.05) is 18.3 Å². The Morgan fingerprint density at radius 3 is 2.72 bits per heavy atom. The van der Waals surface area contributed by atoms with E-state index in [-0.39, 0.29) is 17.1 Å². The SMILES string of the molecule is COc1nccnc1C(=O)C1CCCCC1(C)C. The molecule has 4 heteroatoms. The van der Waals surface area contributed by atoms with Crippen molar-refractivity contribution in [1.82, 2.24) is 9.97 Å². The third-order valence-electron chi connectivity index (χ3n) is 3.92. The molecule has 0 spiro atoms. The number of carbonyl (C=O) groups is 1. The number of aromatic nitrogens is 2. The lowest BCUT2D eigenvalue weighted by Gasteiger charge is -2.37. The molecule has 0 amide bonds. The van der Waals surface area contributed by atoms with Crippen molar-refractivity contribution in [3.8, 4) is 5.88 Å². The van der Waals surface area contributed by atoms with E-state index in [1.807, 2.05) is 0 Å². The zero-order valence-corrected chi connectivity index (χ0v) is 11.3. The smallest absolute Gasteiger partial charge is 0.243 e. The first kappa shape index (κ1) is 13.0. The highest BCUT2D eigenvalue weighted by Crippen LogP contribution is 2.42. The van der Waals surface area contributed by atoms with E-state index in [4.69, 9.17) is 4.74 Å². The molecule has 1 unspecified atom stereocenters. The first-order valence-corrected chi connectivity index (χ1v) is 6.45. The Hall–Kier alpha value is -1.45. The van der Waals surface area contributed by atoms with Gasteiger partial charge in [0.1, 0.15) is 0 Å². The molecule has 1 saturated carbocycles. The molecule has 1 heterocycles. The Bertz CT molecular complexity index is 443. The summed E-state index contributed by atoms with van der Waals surface area (Å²) in [5, 5.41) is 0. The van der Waals surface area contributed by atoms with Crippen molar-refractivity contribution in [3.05, 3.63) is 18.1 Å². The predicted molar refractivity (Wildman–Crippen MR) is 68.7 cm³/mol. The lowest BCUT2D eigenvalue weighted by molar-refractivity contribution is 0.0687. The van der Waals surface area contributed by atoms with Crippen LogP contribution >= 0.6 is 0 Å². The second-order valence-electron chi connectivity index (χ2n) is 5.57. The van der Waals surface area contributed by atoms with E-state index in [0.717, 1.165) is 19.3 Å². The van der Waals surface area contributed by atoms with Crippen LogP contribution in [0.4, 0.5) is 0 Å². The van der Waals surface area contributed by atoms with Crippen LogP contribution in [-0.2, 0) is 0 Å². The minimum atomic E-state index is 0.0249. The molecule has 0 radical (unpaired) electrons. The van der Waals surface area contributed by atoms with Gasteiger partial charge >= 0.3 is 0 Å². The Labute approximate surface area is 108 Å². The van der Waals surface area contributed by atoms with Crippen LogP contribution in [0.25, 0.3) is 0 Å². The van der Waals surface area contributed by atoms with E-state index in [0.29, 0.717) is 11.6 Å². The molecule has 1 aromatic heterocycles. The van der Waals surface area contributed by atoms with E-state index in [9.17, 15) is 4.79 Å². The van der Waals surface area contributed by atoms with Crippen molar-refractivity contribution >= 4 is 5.78 Å². The van der Waals surface area contributed by atoms with Crippen LogP contribution in [0.5, 0.6) is 5.88 Å². The molecule has 0 saturated heterocycles. The van der Waals surface area contributed by atoms with Crippen molar-refractivity contribution in [1.29, 1.82) is 0 Å². The van der Waals surface area contributed by atoms with Crippen molar-refractivity contribution in [2.24, 2.45) is 11.3 Å². The molecule has 0 bridgehead atoms. The highest BCUT2D eigenvalue weighted by molar-refractivity contribution is 5.98. The number of hydrogen-bond acceptors (Lipinski definition) is 4. The zero-order chi connectivity index (χ0) is 13.2. The predicted octanol–water partition coefficient (Wildman–Crippen LogP) is 2.88. The second kappa shape index (κ2) is 5.04. The fraction of sp³-hybridized carbons (Fsp3) is 0.643. The summed E-state index contributed by atoms with van der Waals surface area (Å²) in [5.41, 5.74) is 0.415. The number of hydrogen-bond donors (Lipinski definition) is 0. The number of methoxy groups -OCH3 is 1. The van der Waals surface area contributed by atoms with Gasteiger partial charge in [-0.1, -0.05) is 26.7 Å². The number of carbonyl (C=O) groups excluding carboxylic acids is 1. The molecule has 2 rings (SSSR count). The Balaban J connectivity index is 2.30. The summed E-state index contributed by atoms with van der Waals surface area (Å²) in [6.07, 6.45) is 7.43. The van der Waals surface area contributed by atoms with Gasteiger partial charge in [0.05, 0.1) is 7.11 Å². The van der Waals surface area contributed by atoms with Gasteiger partial charge in [-0.05, 0) is 18.3 Å². The Morgan fingerprint density at radius 2 is 2.06 bits per heavy atom. The van der Waals surface area contributed by atoms with E-state index in [1.54, 1.807) is 12.4 Å². The number of Topliss-reactive ketones (excluding diaryl/α,β-unsaturated/α-hetero) is 1. The molecule has 4 nitrogen and oxygen atoms in total. The summed E-state index contributed by atoms with van der Waals surface area (Å²) in [6.45, 7) is 4.33. The van der Waals surface area contributed by atoms with Gasteiger partial charge in [0.25, 0.3) is 0 Å². The zero-order valence-electron chi connectivity index (χ0n) is 11.3. The van der Waals surface area contributed by atoms with E-state index >= 15 is 0 Å². The minimum Gasteiger partial charge on any atom is -0.479 e. The molecule has 98 valence electrons. The fourth-order valence-corrected chi connectivity index (χ4v) is 2.79. The highest BCUT2D eigenvalue weighted by atomic mass is 16.5. The molecule has 0 aromatic carbocycles. The lowest BCUT2D eigenvalue weighted by atomic mass is 9.67. The first-order valence-electron chi connectivity index (χ1n) is 6.45. The minimum absolute atomic E-state index is 0.0249. The van der Waals surface area contributed by atoms with Crippen LogP contribution in [0.3, 0.4) is 0 Å². The summed E-state index contributed by atoms with van der Waals surface area (Å²) < 4.78 is 5.13. The van der Waals surface area contributed by atoms with Gasteiger partial charge in [-0.15, -0.1) is 0 Å². The molecule has 1 aliphatic rings. The van der Waals surface area contributed by atoms with Crippen LogP contribution in [-0.4, -0.2) is 22.9 Å². The molecular formula is C14H20N2O2. The van der Waals surface area contributed by atoms with Crippen LogP contribution < -0.4 is 4.74 Å². The van der Waals surface area contributed by atoms with Gasteiger partial charge in [-0.3, -0.25) is 4.79 Å². The third kappa shape index (κ3) is 2.37. The average molecular weight is 248 g/mol. The highest BCUT2D eigenvalue weighted by Gasteiger charge is 2.39. The average Bonchev–Trinajstić information content (AvgIpc) is 2.37. The Kier molecular flexibility index (Phi) is 3.64. The monoisotopic (exact) mass is 248 g/mol. The summed E-state index contributed by atoms with van der Waals surface area (Å²) in [7, 11) is 1.52. The molecule has 1 aromatic rings. The van der Waals surface area contributed by atoms with E-state index in [2.05, 4.69) is 23.8 Å². The number of ether oxygens (including phenoxy) is 1. The van der Waals surface area contributed by atoms with Gasteiger partial charge < -0.3 is 4.74 Å². The maximum Gasteiger partial charge on any atom is 0.243 e. The molecular weight excluding hydrogens is 228 g/mol. The maximum absolute atomic E-state index is 12.6. The number of ketones is 1. The quantitative estimate of drug-likeness (QED) is 0.772. The summed E-state index contributed by atoms with van der Waals surface area (Å²) in [5.74, 6) is 0.436. The Morgan fingerprint density at radius 1 is 1.33 bits per heavy atom. The van der Waals surface area contributed by atoms with E-state index in [1.165, 1.54) is 13.5 Å². The van der Waals surface area contributed by atoms with Crippen LogP contribution in [0.1, 0.15) is 50.0 Å². The van der Waals surface area contributed by atoms with Crippen molar-refractivity contribution in [2.75, 3.05) is 7.11 Å². The van der Waals surface area contributed by atoms with Crippen molar-refractivity contribution < 1.29 is 9.53 Å². The van der Waals surface area contributed by atoms with Crippen molar-refractivity contribution in [2.45, 2.75) is 39.5 Å². The summed E-state index contributed by atoms with van der Waals surface area (Å²) in [6, 6.07) is 0. The third-order valence-corrected chi connectivity index (χ3v) is 3.92. The van der Waals surface area contributed by atoms with Crippen LogP contribution in [0.15, 0.2) is 12.4 Å². The normalized spacial score (nSPS) is 22.5.